The van der Waals surface area contributed by atoms with Gasteiger partial charge in [-0.05, 0) is 20.3 Å². The standard InChI is InChI=1S/C15H24IN3O7/c1-9(2)13(21)24-8-25-15(23)19-12(14(22)26-10(3)4)6-5-11(20)7-18-16-17/h7,9-10,12,17H,5-6,8H2,1-4H3,(H,19,23)/b18-7+/t12-/m0/s1. The monoisotopic (exact) mass is 485 g/mol. The Morgan fingerprint density at radius 1 is 1.12 bits per heavy atom. The second-order valence-electron chi connectivity index (χ2n) is 5.67. The number of Topliss-reactive ketones (excluding diaryl/α,β-unsaturated/α-hetero) is 1. The lowest BCUT2D eigenvalue weighted by Gasteiger charge is -2.18. The van der Waals surface area contributed by atoms with Crippen LogP contribution in [0.3, 0.4) is 0 Å². The van der Waals surface area contributed by atoms with Crippen LogP contribution < -0.4 is 5.32 Å². The van der Waals surface area contributed by atoms with Gasteiger partial charge in [0.1, 0.15) is 27.3 Å². The second-order valence-corrected chi connectivity index (χ2v) is 6.71. The molecule has 0 aromatic rings. The van der Waals surface area contributed by atoms with Gasteiger partial charge in [0, 0.05) is 6.42 Å². The molecular formula is C15H24IN3O7. The molecular weight excluding hydrogens is 461 g/mol. The Labute approximate surface area is 162 Å². The first-order chi connectivity index (χ1) is 12.2. The maximum atomic E-state index is 12.0. The zero-order valence-electron chi connectivity index (χ0n) is 15.1. The number of hydrogen-bond donors (Lipinski definition) is 2. The number of hydrogen-bond acceptors (Lipinski definition) is 8. The molecule has 2 N–H and O–H groups in total. The maximum absolute atomic E-state index is 12.0. The molecule has 0 saturated heterocycles. The van der Waals surface area contributed by atoms with Gasteiger partial charge in [-0.15, -0.1) is 0 Å². The van der Waals surface area contributed by atoms with E-state index < -0.39 is 58.3 Å². The van der Waals surface area contributed by atoms with Crippen molar-refractivity contribution >= 4 is 51.3 Å². The fourth-order valence-corrected chi connectivity index (χ4v) is 1.93. The summed E-state index contributed by atoms with van der Waals surface area (Å²) in [5.41, 5.74) is 0. The summed E-state index contributed by atoms with van der Waals surface area (Å²) in [6.45, 7) is 5.96. The predicted octanol–water partition coefficient (Wildman–Crippen LogP) is 2.26. The number of esters is 2. The SMILES string of the molecule is CC(C)OC(=O)[C@H](CCC(=O)/C=N/I=N)NC(=O)OCOC(=O)C(C)C. The average molecular weight is 485 g/mol. The molecule has 1 atom stereocenters. The smallest absolute Gasteiger partial charge is 0.410 e. The summed E-state index contributed by atoms with van der Waals surface area (Å²) in [5.74, 6) is -1.97. The van der Waals surface area contributed by atoms with Crippen molar-refractivity contribution in [2.75, 3.05) is 6.79 Å². The van der Waals surface area contributed by atoms with Crippen LogP contribution in [0.4, 0.5) is 4.79 Å². The van der Waals surface area contributed by atoms with Gasteiger partial charge < -0.3 is 19.5 Å². The molecule has 0 fully saturated rings. The first-order valence-electron chi connectivity index (χ1n) is 7.83. The number of ether oxygens (including phenoxy) is 3. The number of ketones is 1. The van der Waals surface area contributed by atoms with E-state index in [1.165, 1.54) is 0 Å². The molecule has 0 aromatic heterocycles. The minimum Gasteiger partial charge on any atom is -0.461 e. The molecule has 26 heavy (non-hydrogen) atoms. The predicted molar refractivity (Wildman–Crippen MR) is 99.9 cm³/mol. The normalized spacial score (nSPS) is 12.1. The van der Waals surface area contributed by atoms with Gasteiger partial charge in [-0.2, -0.15) is 0 Å². The van der Waals surface area contributed by atoms with Gasteiger partial charge in [0.25, 0.3) is 0 Å². The van der Waals surface area contributed by atoms with Crippen LogP contribution in [0.15, 0.2) is 3.21 Å². The number of nitrogens with zero attached hydrogens (tertiary/aromatic N) is 1. The molecule has 10 nitrogen and oxygen atoms in total. The van der Waals surface area contributed by atoms with Gasteiger partial charge in [0.05, 0.1) is 18.2 Å². The lowest BCUT2D eigenvalue weighted by atomic mass is 10.1. The molecule has 0 radical (unpaired) electrons. The molecule has 0 rings (SSSR count). The van der Waals surface area contributed by atoms with E-state index in [4.69, 9.17) is 13.0 Å². The summed E-state index contributed by atoms with van der Waals surface area (Å²) >= 11 is -1.13. The van der Waals surface area contributed by atoms with Crippen LogP contribution >= 0.6 is 21.3 Å². The highest BCUT2D eigenvalue weighted by atomic mass is 127. The number of alkyl carbamates (subject to hydrolysis) is 1. The fraction of sp³-hybridized carbons (Fsp3) is 0.667. The number of carbonyl (C=O) groups excluding carboxylic acids is 4. The van der Waals surface area contributed by atoms with Crippen LogP contribution in [0.1, 0.15) is 40.5 Å². The lowest BCUT2D eigenvalue weighted by molar-refractivity contribution is -0.156. The first-order valence-corrected chi connectivity index (χ1v) is 9.88. The molecule has 0 unspecified atom stereocenters. The quantitative estimate of drug-likeness (QED) is 0.198. The van der Waals surface area contributed by atoms with E-state index in [0.29, 0.717) is 0 Å². The van der Waals surface area contributed by atoms with E-state index in [-0.39, 0.29) is 24.5 Å². The Morgan fingerprint density at radius 3 is 2.31 bits per heavy atom. The molecule has 1 amide bonds. The summed E-state index contributed by atoms with van der Waals surface area (Å²) in [4.78, 5) is 46.6. The highest BCUT2D eigenvalue weighted by Gasteiger charge is 2.24. The highest BCUT2D eigenvalue weighted by Crippen LogP contribution is 2.05. The van der Waals surface area contributed by atoms with Crippen molar-refractivity contribution in [1.29, 1.82) is 3.56 Å². The van der Waals surface area contributed by atoms with E-state index in [2.05, 4.69) is 13.3 Å². The molecule has 0 aliphatic rings. The Bertz CT molecular complexity index is 549. The Morgan fingerprint density at radius 2 is 1.77 bits per heavy atom. The zero-order valence-corrected chi connectivity index (χ0v) is 17.3. The third kappa shape index (κ3) is 11.6. The molecule has 11 heteroatoms. The Kier molecular flexibility index (Phi) is 12.3. The molecule has 0 aliphatic carbocycles. The number of halogens is 1. The van der Waals surface area contributed by atoms with Crippen molar-refractivity contribution in [2.24, 2.45) is 9.12 Å². The summed E-state index contributed by atoms with van der Waals surface area (Å²) in [6.07, 6.45) is -0.415. The molecule has 0 spiro atoms. The summed E-state index contributed by atoms with van der Waals surface area (Å²) in [5, 5.41) is 2.28. The Hall–Kier alpha value is -1.92. The van der Waals surface area contributed by atoms with Crippen LogP contribution in [0.5, 0.6) is 0 Å². The van der Waals surface area contributed by atoms with E-state index >= 15 is 0 Å². The maximum Gasteiger partial charge on any atom is 0.410 e. The van der Waals surface area contributed by atoms with Gasteiger partial charge in [-0.3, -0.25) is 13.2 Å². The van der Waals surface area contributed by atoms with Gasteiger partial charge >= 0.3 is 18.0 Å². The third-order valence-electron chi connectivity index (χ3n) is 2.71. The van der Waals surface area contributed by atoms with E-state index in [9.17, 15) is 19.2 Å². The summed E-state index contributed by atoms with van der Waals surface area (Å²) in [7, 11) is 0. The van der Waals surface area contributed by atoms with Crippen molar-refractivity contribution < 1.29 is 33.4 Å². The summed E-state index contributed by atoms with van der Waals surface area (Å²) < 4.78 is 25.0. The van der Waals surface area contributed by atoms with Crippen molar-refractivity contribution in [1.82, 2.24) is 5.32 Å². The van der Waals surface area contributed by atoms with E-state index in [0.717, 1.165) is 6.21 Å². The van der Waals surface area contributed by atoms with Gasteiger partial charge in [0.2, 0.25) is 6.79 Å². The van der Waals surface area contributed by atoms with Crippen LogP contribution in [0, 0.1) is 9.48 Å². The van der Waals surface area contributed by atoms with Gasteiger partial charge in [0.15, 0.2) is 5.78 Å². The number of rotatable bonds is 11. The average Bonchev–Trinajstić information content (AvgIpc) is 2.55. The lowest BCUT2D eigenvalue weighted by Crippen LogP contribution is -2.43. The van der Waals surface area contributed by atoms with E-state index in [1.54, 1.807) is 27.7 Å². The minimum atomic E-state index is -1.13. The third-order valence-corrected chi connectivity index (χ3v) is 3.27. The minimum absolute atomic E-state index is 0.0202. The van der Waals surface area contributed by atoms with Crippen molar-refractivity contribution in [2.45, 2.75) is 52.7 Å². The number of amides is 1. The van der Waals surface area contributed by atoms with Crippen molar-refractivity contribution in [3.8, 4) is 0 Å². The topological polar surface area (TPSA) is 144 Å². The van der Waals surface area contributed by atoms with Crippen LogP contribution in [0.2, 0.25) is 0 Å². The number of carbonyl (C=O) groups is 4. The molecule has 0 aromatic carbocycles. The largest absolute Gasteiger partial charge is 0.461 e. The van der Waals surface area contributed by atoms with Crippen LogP contribution in [0.25, 0.3) is 0 Å². The van der Waals surface area contributed by atoms with Crippen molar-refractivity contribution in [3.05, 3.63) is 0 Å². The van der Waals surface area contributed by atoms with Crippen molar-refractivity contribution in [3.63, 3.8) is 0 Å². The second kappa shape index (κ2) is 13.3. The molecule has 0 bridgehead atoms. The summed E-state index contributed by atoms with van der Waals surface area (Å²) in [6, 6.07) is -1.10. The number of nitrogens with one attached hydrogen (secondary N) is 2. The molecule has 0 saturated carbocycles. The van der Waals surface area contributed by atoms with Crippen LogP contribution in [-0.2, 0) is 28.6 Å². The molecule has 148 valence electrons. The molecule has 0 heterocycles. The highest BCUT2D eigenvalue weighted by molar-refractivity contribution is 14.1. The first kappa shape index (κ1) is 24.1. The van der Waals surface area contributed by atoms with Crippen LogP contribution in [-0.4, -0.2) is 49.0 Å². The molecule has 0 aliphatic heterocycles. The van der Waals surface area contributed by atoms with E-state index in [1.807, 2.05) is 0 Å². The van der Waals surface area contributed by atoms with Gasteiger partial charge in [-0.25, -0.2) is 12.8 Å². The Balaban J connectivity index is 4.63. The van der Waals surface area contributed by atoms with Gasteiger partial charge in [-0.1, -0.05) is 13.8 Å². The zero-order chi connectivity index (χ0) is 20.1. The fourth-order valence-electron chi connectivity index (χ4n) is 1.49.